The molecule has 114 valence electrons. The summed E-state index contributed by atoms with van der Waals surface area (Å²) in [6, 6.07) is -0.490. The Hall–Kier alpha value is -2.13. The topological polar surface area (TPSA) is 128 Å². The summed E-state index contributed by atoms with van der Waals surface area (Å²) in [5.41, 5.74) is 1.04. The average Bonchev–Trinajstić information content (AvgIpc) is 2.96. The number of hydrogen-bond acceptors (Lipinski definition) is 4. The molecule has 0 aliphatic rings. The Balaban J connectivity index is 2.39. The molecule has 2 rings (SSSR count). The van der Waals surface area contributed by atoms with Crippen LogP contribution in [0.25, 0.3) is 0 Å². The van der Waals surface area contributed by atoms with E-state index in [1.807, 2.05) is 0 Å². The van der Waals surface area contributed by atoms with Gasteiger partial charge in [0, 0.05) is 29.1 Å². The van der Waals surface area contributed by atoms with Gasteiger partial charge in [-0.3, -0.25) is 5.10 Å². The molecule has 0 spiro atoms. The van der Waals surface area contributed by atoms with Gasteiger partial charge in [-0.1, -0.05) is 0 Å². The number of nitrogens with one attached hydrogen (secondary N) is 3. The molecule has 2 aromatic rings. The summed E-state index contributed by atoms with van der Waals surface area (Å²) in [6.45, 7) is 4.67. The fourth-order valence-corrected chi connectivity index (χ4v) is 3.89. The van der Waals surface area contributed by atoms with Gasteiger partial charge >= 0.3 is 5.97 Å². The summed E-state index contributed by atoms with van der Waals surface area (Å²) in [5, 5.41) is 15.4. The fourth-order valence-electron chi connectivity index (χ4n) is 2.21. The van der Waals surface area contributed by atoms with Gasteiger partial charge in [-0.15, -0.1) is 0 Å². The summed E-state index contributed by atoms with van der Waals surface area (Å²) >= 11 is 0. The van der Waals surface area contributed by atoms with Crippen LogP contribution in [0.15, 0.2) is 17.3 Å². The molecule has 21 heavy (non-hydrogen) atoms. The van der Waals surface area contributed by atoms with Crippen molar-refractivity contribution in [2.45, 2.75) is 31.7 Å². The first kappa shape index (κ1) is 15.3. The van der Waals surface area contributed by atoms with E-state index >= 15 is 0 Å². The number of sulfonamides is 1. The van der Waals surface area contributed by atoms with Crippen LogP contribution in [0.5, 0.6) is 0 Å². The lowest BCUT2D eigenvalue weighted by molar-refractivity contribution is 0.0690. The first-order valence-corrected chi connectivity index (χ1v) is 7.66. The van der Waals surface area contributed by atoms with Crippen molar-refractivity contribution in [2.75, 3.05) is 0 Å². The van der Waals surface area contributed by atoms with E-state index in [0.29, 0.717) is 5.56 Å². The predicted molar refractivity (Wildman–Crippen MR) is 74.6 cm³/mol. The number of carboxylic acids is 1. The number of nitrogens with zero attached hydrogens (tertiary/aromatic N) is 1. The van der Waals surface area contributed by atoms with E-state index in [9.17, 15) is 13.2 Å². The van der Waals surface area contributed by atoms with Gasteiger partial charge in [-0.25, -0.2) is 17.9 Å². The molecule has 0 bridgehead atoms. The zero-order chi connectivity index (χ0) is 15.8. The molecule has 1 unspecified atom stereocenters. The second kappa shape index (κ2) is 5.34. The highest BCUT2D eigenvalue weighted by molar-refractivity contribution is 7.89. The monoisotopic (exact) mass is 312 g/mol. The van der Waals surface area contributed by atoms with Crippen LogP contribution in [-0.2, 0) is 10.0 Å². The second-order valence-corrected chi connectivity index (χ2v) is 6.41. The molecule has 1 atom stereocenters. The maximum atomic E-state index is 12.5. The molecule has 2 heterocycles. The Kier molecular flexibility index (Phi) is 3.88. The summed E-state index contributed by atoms with van der Waals surface area (Å²) in [7, 11) is -3.85. The number of carboxylic acid groups (broad SMARTS) is 1. The third-order valence-electron chi connectivity index (χ3n) is 3.20. The van der Waals surface area contributed by atoms with Crippen molar-refractivity contribution in [1.29, 1.82) is 0 Å². The first-order valence-electron chi connectivity index (χ1n) is 6.17. The second-order valence-electron chi connectivity index (χ2n) is 4.76. The normalized spacial score (nSPS) is 13.3. The number of aromatic amines is 2. The molecule has 0 saturated heterocycles. The Morgan fingerprint density at radius 1 is 1.43 bits per heavy atom. The predicted octanol–water partition coefficient (Wildman–Crippen LogP) is 1.09. The molecular weight excluding hydrogens is 296 g/mol. The number of H-pyrrole nitrogens is 2. The van der Waals surface area contributed by atoms with Crippen LogP contribution in [-0.4, -0.2) is 34.7 Å². The van der Waals surface area contributed by atoms with Crippen LogP contribution in [0, 0.1) is 13.8 Å². The van der Waals surface area contributed by atoms with Gasteiger partial charge in [0.1, 0.15) is 10.6 Å². The molecule has 0 aliphatic carbocycles. The van der Waals surface area contributed by atoms with Gasteiger partial charge in [-0.2, -0.15) is 5.10 Å². The van der Waals surface area contributed by atoms with Crippen LogP contribution >= 0.6 is 0 Å². The Bertz CT molecular complexity index is 762. The van der Waals surface area contributed by atoms with E-state index in [0.717, 1.165) is 0 Å². The first-order chi connectivity index (χ1) is 9.74. The van der Waals surface area contributed by atoms with E-state index in [1.165, 1.54) is 20.0 Å². The molecule has 0 saturated carbocycles. The Morgan fingerprint density at radius 2 is 2.10 bits per heavy atom. The lowest BCUT2D eigenvalue weighted by Crippen LogP contribution is -2.27. The summed E-state index contributed by atoms with van der Waals surface area (Å²) in [5.74, 6) is -1.19. The van der Waals surface area contributed by atoms with Crippen molar-refractivity contribution in [1.82, 2.24) is 19.9 Å². The van der Waals surface area contributed by atoms with Crippen molar-refractivity contribution in [3.63, 3.8) is 0 Å². The third-order valence-corrected chi connectivity index (χ3v) is 5.02. The quantitative estimate of drug-likeness (QED) is 0.657. The molecule has 0 aliphatic heterocycles. The summed E-state index contributed by atoms with van der Waals surface area (Å²) in [4.78, 5) is 13.6. The van der Waals surface area contributed by atoms with Crippen LogP contribution < -0.4 is 4.72 Å². The molecule has 8 nitrogen and oxygen atoms in total. The van der Waals surface area contributed by atoms with Crippen molar-refractivity contribution in [2.24, 2.45) is 0 Å². The minimum absolute atomic E-state index is 0.0322. The lowest BCUT2D eigenvalue weighted by atomic mass is 10.2. The van der Waals surface area contributed by atoms with E-state index < -0.39 is 22.0 Å². The van der Waals surface area contributed by atoms with E-state index in [4.69, 9.17) is 5.11 Å². The molecule has 2 aromatic heterocycles. The van der Waals surface area contributed by atoms with Crippen molar-refractivity contribution in [3.8, 4) is 0 Å². The van der Waals surface area contributed by atoms with E-state index in [2.05, 4.69) is 19.9 Å². The molecular formula is C12H16N4O4S. The molecule has 0 fully saturated rings. The fraction of sp³-hybridized carbons (Fsp3) is 0.333. The molecule has 0 aromatic carbocycles. The van der Waals surface area contributed by atoms with Gasteiger partial charge in [0.25, 0.3) is 0 Å². The van der Waals surface area contributed by atoms with Crippen LogP contribution in [0.4, 0.5) is 0 Å². The average molecular weight is 312 g/mol. The minimum Gasteiger partial charge on any atom is -0.477 e. The van der Waals surface area contributed by atoms with Gasteiger partial charge in [0.15, 0.2) is 0 Å². The zero-order valence-corrected chi connectivity index (χ0v) is 12.6. The lowest BCUT2D eigenvalue weighted by Gasteiger charge is -2.13. The highest BCUT2D eigenvalue weighted by Crippen LogP contribution is 2.25. The zero-order valence-electron chi connectivity index (χ0n) is 11.8. The maximum Gasteiger partial charge on any atom is 0.352 e. The molecule has 0 amide bonds. The highest BCUT2D eigenvalue weighted by atomic mass is 32.2. The van der Waals surface area contributed by atoms with Crippen LogP contribution in [0.3, 0.4) is 0 Å². The number of rotatable bonds is 5. The number of carbonyl (C=O) groups is 1. The number of aryl methyl sites for hydroxylation is 1. The van der Waals surface area contributed by atoms with Gasteiger partial charge in [0.2, 0.25) is 10.0 Å². The highest BCUT2D eigenvalue weighted by Gasteiger charge is 2.28. The minimum atomic E-state index is -3.85. The smallest absolute Gasteiger partial charge is 0.352 e. The number of aromatic carboxylic acids is 1. The van der Waals surface area contributed by atoms with Crippen molar-refractivity contribution in [3.05, 3.63) is 34.9 Å². The Labute approximate surface area is 121 Å². The molecule has 4 N–H and O–H groups in total. The summed E-state index contributed by atoms with van der Waals surface area (Å²) in [6.07, 6.45) is 3.11. The van der Waals surface area contributed by atoms with Crippen LogP contribution in [0.1, 0.15) is 40.3 Å². The van der Waals surface area contributed by atoms with Gasteiger partial charge in [0.05, 0.1) is 6.20 Å². The van der Waals surface area contributed by atoms with Gasteiger partial charge < -0.3 is 10.1 Å². The standard InChI is InChI=1S/C12H16N4O4S/c1-6-10(12(17)18)15-8(3)11(6)21(19,20)16-7(2)9-4-13-14-5-9/h4-5,7,15-16H,1-3H3,(H,13,14)(H,17,18). The van der Waals surface area contributed by atoms with Crippen molar-refractivity contribution < 1.29 is 18.3 Å². The maximum absolute atomic E-state index is 12.5. The van der Waals surface area contributed by atoms with Crippen LogP contribution in [0.2, 0.25) is 0 Å². The largest absolute Gasteiger partial charge is 0.477 e. The van der Waals surface area contributed by atoms with E-state index in [1.54, 1.807) is 13.1 Å². The summed E-state index contributed by atoms with van der Waals surface area (Å²) < 4.78 is 27.4. The third kappa shape index (κ3) is 2.83. The van der Waals surface area contributed by atoms with Crippen molar-refractivity contribution >= 4 is 16.0 Å². The number of aromatic nitrogens is 3. The Morgan fingerprint density at radius 3 is 2.57 bits per heavy atom. The van der Waals surface area contributed by atoms with Gasteiger partial charge in [-0.05, 0) is 20.8 Å². The SMILES string of the molecule is Cc1[nH]c(C(=O)O)c(C)c1S(=O)(=O)NC(C)c1cn[nH]c1. The molecule has 9 heteroatoms. The van der Waals surface area contributed by atoms with E-state index in [-0.39, 0.29) is 21.8 Å². The number of hydrogen-bond donors (Lipinski definition) is 4. The molecule has 0 radical (unpaired) electrons.